The quantitative estimate of drug-likeness (QED) is 0.844. The van der Waals surface area contributed by atoms with Crippen molar-refractivity contribution in [2.75, 3.05) is 11.4 Å². The summed E-state index contributed by atoms with van der Waals surface area (Å²) in [7, 11) is 0. The van der Waals surface area contributed by atoms with Gasteiger partial charge in [-0.15, -0.1) is 11.3 Å². The van der Waals surface area contributed by atoms with Gasteiger partial charge in [0, 0.05) is 29.7 Å². The zero-order chi connectivity index (χ0) is 19.9. The van der Waals surface area contributed by atoms with E-state index in [0.717, 1.165) is 30.3 Å². The molecule has 2 amide bonds. The maximum Gasteiger partial charge on any atom is 0.270 e. The summed E-state index contributed by atoms with van der Waals surface area (Å²) in [5.74, 6) is -1.73. The smallest absolute Gasteiger partial charge is 0.270 e. The minimum absolute atomic E-state index is 0.110. The molecule has 148 valence electrons. The summed E-state index contributed by atoms with van der Waals surface area (Å²) in [5.41, 5.74) is 0.0667. The molecule has 2 aliphatic rings. The molecule has 2 aromatic rings. The Morgan fingerprint density at radius 3 is 2.71 bits per heavy atom. The molecule has 1 aliphatic carbocycles. The van der Waals surface area contributed by atoms with Gasteiger partial charge in [0.2, 0.25) is 5.91 Å². The van der Waals surface area contributed by atoms with Crippen LogP contribution < -0.4 is 10.2 Å². The fraction of sp³-hybridized carbons (Fsp3) is 0.450. The lowest BCUT2D eigenvalue weighted by Gasteiger charge is -2.36. The Labute approximate surface area is 165 Å². The molecule has 1 saturated carbocycles. The van der Waals surface area contributed by atoms with Gasteiger partial charge >= 0.3 is 0 Å². The standard InChI is InChI=1S/C20H21F2N3O2S/c1-12-23-17(11-28-12)18(26)24-15-3-2-4-20(10-15)5-6-25(19(20)27)16-8-13(21)7-14(22)9-16/h7-9,11,15H,2-6,10H2,1H3,(H,24,26)/t15-,20-/m0/s1. The number of nitrogens with one attached hydrogen (secondary N) is 1. The fourth-order valence-electron chi connectivity index (χ4n) is 4.40. The second kappa shape index (κ2) is 7.24. The van der Waals surface area contributed by atoms with Crippen LogP contribution in [0.2, 0.25) is 0 Å². The van der Waals surface area contributed by atoms with Crippen molar-refractivity contribution in [1.82, 2.24) is 10.3 Å². The molecule has 8 heteroatoms. The predicted octanol–water partition coefficient (Wildman–Crippen LogP) is 3.83. The number of anilines is 1. The van der Waals surface area contributed by atoms with Crippen molar-refractivity contribution in [2.24, 2.45) is 5.41 Å². The average molecular weight is 405 g/mol. The Morgan fingerprint density at radius 2 is 2.04 bits per heavy atom. The van der Waals surface area contributed by atoms with E-state index in [1.54, 1.807) is 5.38 Å². The summed E-state index contributed by atoms with van der Waals surface area (Å²) in [6.07, 6.45) is 3.50. The zero-order valence-electron chi connectivity index (χ0n) is 15.5. The number of benzene rings is 1. The normalized spacial score (nSPS) is 24.8. The van der Waals surface area contributed by atoms with Crippen LogP contribution in [0.3, 0.4) is 0 Å². The monoisotopic (exact) mass is 405 g/mol. The first-order valence-electron chi connectivity index (χ1n) is 9.37. The lowest BCUT2D eigenvalue weighted by Crippen LogP contribution is -2.46. The molecule has 0 radical (unpaired) electrons. The van der Waals surface area contributed by atoms with Gasteiger partial charge in [-0.25, -0.2) is 13.8 Å². The molecule has 1 aliphatic heterocycles. The van der Waals surface area contributed by atoms with Gasteiger partial charge in [0.05, 0.1) is 10.4 Å². The molecule has 28 heavy (non-hydrogen) atoms. The maximum absolute atomic E-state index is 13.6. The molecule has 0 bridgehead atoms. The molecule has 4 rings (SSSR count). The third-order valence-corrected chi connectivity index (χ3v) is 6.48. The highest BCUT2D eigenvalue weighted by atomic mass is 32.1. The Bertz CT molecular complexity index is 912. The molecular formula is C20H21F2N3O2S. The van der Waals surface area contributed by atoms with Crippen molar-refractivity contribution >= 4 is 28.8 Å². The Balaban J connectivity index is 1.48. The molecule has 2 heterocycles. The fourth-order valence-corrected chi connectivity index (χ4v) is 4.99. The van der Waals surface area contributed by atoms with E-state index in [4.69, 9.17) is 0 Å². The molecule has 1 aromatic heterocycles. The number of aromatic nitrogens is 1. The van der Waals surface area contributed by atoms with Gasteiger partial charge in [0.25, 0.3) is 5.91 Å². The van der Waals surface area contributed by atoms with Crippen LogP contribution in [0.15, 0.2) is 23.6 Å². The van der Waals surface area contributed by atoms with Crippen molar-refractivity contribution in [3.8, 4) is 0 Å². The van der Waals surface area contributed by atoms with Crippen LogP contribution in [0.25, 0.3) is 0 Å². The molecule has 1 N–H and O–H groups in total. The number of thiazole rings is 1. The van der Waals surface area contributed by atoms with Crippen molar-refractivity contribution in [3.05, 3.63) is 45.9 Å². The van der Waals surface area contributed by atoms with E-state index >= 15 is 0 Å². The SMILES string of the molecule is Cc1nc(C(=O)N[C@H]2CCC[C@]3(CCN(c4cc(F)cc(F)c4)C3=O)C2)cs1. The number of hydrogen-bond donors (Lipinski definition) is 1. The number of rotatable bonds is 3. The van der Waals surface area contributed by atoms with Gasteiger partial charge in [-0.05, 0) is 44.7 Å². The summed E-state index contributed by atoms with van der Waals surface area (Å²) in [5, 5.41) is 5.56. The third-order valence-electron chi connectivity index (χ3n) is 5.70. The lowest BCUT2D eigenvalue weighted by atomic mass is 9.71. The van der Waals surface area contributed by atoms with Gasteiger partial charge < -0.3 is 10.2 Å². The Hall–Kier alpha value is -2.35. The molecule has 0 unspecified atom stereocenters. The minimum Gasteiger partial charge on any atom is -0.348 e. The van der Waals surface area contributed by atoms with Gasteiger partial charge in [-0.1, -0.05) is 6.42 Å². The molecule has 2 atom stereocenters. The van der Waals surface area contributed by atoms with E-state index in [1.165, 1.54) is 28.4 Å². The first kappa shape index (κ1) is 19.0. The van der Waals surface area contributed by atoms with Crippen LogP contribution in [0, 0.1) is 24.0 Å². The molecular weight excluding hydrogens is 384 g/mol. The van der Waals surface area contributed by atoms with E-state index < -0.39 is 17.0 Å². The molecule has 2 fully saturated rings. The third kappa shape index (κ3) is 3.53. The minimum atomic E-state index is -0.698. The molecule has 1 spiro atoms. The van der Waals surface area contributed by atoms with E-state index in [-0.39, 0.29) is 23.5 Å². The largest absolute Gasteiger partial charge is 0.348 e. The second-order valence-corrected chi connectivity index (χ2v) is 8.70. The van der Waals surface area contributed by atoms with Crippen LogP contribution in [-0.4, -0.2) is 29.4 Å². The average Bonchev–Trinajstić information content (AvgIpc) is 3.19. The van der Waals surface area contributed by atoms with Crippen LogP contribution in [-0.2, 0) is 4.79 Å². The van der Waals surface area contributed by atoms with Crippen molar-refractivity contribution in [3.63, 3.8) is 0 Å². The summed E-state index contributed by atoms with van der Waals surface area (Å²) < 4.78 is 27.2. The molecule has 1 saturated heterocycles. The zero-order valence-corrected chi connectivity index (χ0v) is 16.3. The van der Waals surface area contributed by atoms with E-state index in [1.807, 2.05) is 6.92 Å². The molecule has 1 aromatic carbocycles. The van der Waals surface area contributed by atoms with Crippen LogP contribution in [0.5, 0.6) is 0 Å². The van der Waals surface area contributed by atoms with Gasteiger partial charge in [-0.2, -0.15) is 0 Å². The first-order chi connectivity index (χ1) is 13.4. The van der Waals surface area contributed by atoms with Gasteiger partial charge in [-0.3, -0.25) is 9.59 Å². The van der Waals surface area contributed by atoms with E-state index in [0.29, 0.717) is 25.1 Å². The number of hydrogen-bond acceptors (Lipinski definition) is 4. The van der Waals surface area contributed by atoms with Crippen molar-refractivity contribution in [1.29, 1.82) is 0 Å². The summed E-state index contributed by atoms with van der Waals surface area (Å²) in [6, 6.07) is 3.06. The highest BCUT2D eigenvalue weighted by molar-refractivity contribution is 7.09. The highest BCUT2D eigenvalue weighted by Gasteiger charge is 2.49. The van der Waals surface area contributed by atoms with Gasteiger partial charge in [0.15, 0.2) is 0 Å². The number of aryl methyl sites for hydroxylation is 1. The van der Waals surface area contributed by atoms with Crippen LogP contribution in [0.4, 0.5) is 14.5 Å². The number of carbonyl (C=O) groups excluding carboxylic acids is 2. The van der Waals surface area contributed by atoms with Crippen LogP contribution >= 0.6 is 11.3 Å². The maximum atomic E-state index is 13.6. The number of carbonyl (C=O) groups is 2. The summed E-state index contributed by atoms with van der Waals surface area (Å²) in [4.78, 5) is 31.3. The predicted molar refractivity (Wildman–Crippen MR) is 102 cm³/mol. The van der Waals surface area contributed by atoms with E-state index in [2.05, 4.69) is 10.3 Å². The van der Waals surface area contributed by atoms with Crippen LogP contribution in [0.1, 0.15) is 47.6 Å². The topological polar surface area (TPSA) is 62.3 Å². The molecule has 5 nitrogen and oxygen atoms in total. The van der Waals surface area contributed by atoms with Gasteiger partial charge in [0.1, 0.15) is 17.3 Å². The summed E-state index contributed by atoms with van der Waals surface area (Å²) in [6.45, 7) is 2.27. The number of nitrogens with zero attached hydrogens (tertiary/aromatic N) is 2. The Kier molecular flexibility index (Phi) is 4.91. The first-order valence-corrected chi connectivity index (χ1v) is 10.3. The van der Waals surface area contributed by atoms with E-state index in [9.17, 15) is 18.4 Å². The Morgan fingerprint density at radius 1 is 1.29 bits per heavy atom. The summed E-state index contributed by atoms with van der Waals surface area (Å²) >= 11 is 1.42. The highest BCUT2D eigenvalue weighted by Crippen LogP contribution is 2.46. The number of halogens is 2. The number of amides is 2. The van der Waals surface area contributed by atoms with Crippen molar-refractivity contribution < 1.29 is 18.4 Å². The lowest BCUT2D eigenvalue weighted by molar-refractivity contribution is -0.127. The van der Waals surface area contributed by atoms with Crippen molar-refractivity contribution in [2.45, 2.75) is 45.1 Å². The second-order valence-electron chi connectivity index (χ2n) is 7.63.